The standard InChI is InChI=1S/C7H12BrN3/c1-5(9)3-6-4-7(8)10-11(6)2/h4-5H,3,9H2,1-2H3/t5-/m1/s1. The number of nitrogens with zero attached hydrogens (tertiary/aromatic N) is 2. The Bertz CT molecular complexity index is 242. The van der Waals surface area contributed by atoms with Gasteiger partial charge in [-0.3, -0.25) is 4.68 Å². The number of hydrogen-bond acceptors (Lipinski definition) is 2. The van der Waals surface area contributed by atoms with Crippen LogP contribution in [0, 0.1) is 0 Å². The Morgan fingerprint density at radius 1 is 1.82 bits per heavy atom. The van der Waals surface area contributed by atoms with E-state index in [9.17, 15) is 0 Å². The summed E-state index contributed by atoms with van der Waals surface area (Å²) in [6.45, 7) is 1.99. The summed E-state index contributed by atoms with van der Waals surface area (Å²) in [7, 11) is 1.92. The molecule has 1 rings (SSSR count). The van der Waals surface area contributed by atoms with Crippen molar-refractivity contribution in [3.63, 3.8) is 0 Å². The van der Waals surface area contributed by atoms with E-state index < -0.39 is 0 Å². The predicted octanol–water partition coefficient (Wildman–Crippen LogP) is 1.07. The zero-order valence-electron chi connectivity index (χ0n) is 6.71. The highest BCUT2D eigenvalue weighted by Crippen LogP contribution is 2.10. The van der Waals surface area contributed by atoms with Crippen LogP contribution in [0.5, 0.6) is 0 Å². The van der Waals surface area contributed by atoms with Crippen molar-refractivity contribution in [2.75, 3.05) is 0 Å². The number of hydrogen-bond donors (Lipinski definition) is 1. The molecule has 62 valence electrons. The van der Waals surface area contributed by atoms with Gasteiger partial charge in [0.05, 0.1) is 0 Å². The van der Waals surface area contributed by atoms with E-state index in [0.29, 0.717) is 0 Å². The molecule has 0 unspecified atom stereocenters. The molecule has 2 N–H and O–H groups in total. The molecule has 0 radical (unpaired) electrons. The fourth-order valence-electron chi connectivity index (χ4n) is 0.988. The molecule has 0 aliphatic carbocycles. The molecule has 0 aliphatic rings. The average Bonchev–Trinajstić information content (AvgIpc) is 2.09. The molecule has 0 aromatic carbocycles. The van der Waals surface area contributed by atoms with Gasteiger partial charge < -0.3 is 5.73 Å². The van der Waals surface area contributed by atoms with Crippen LogP contribution in [0.3, 0.4) is 0 Å². The highest BCUT2D eigenvalue weighted by Gasteiger charge is 2.04. The van der Waals surface area contributed by atoms with Crippen molar-refractivity contribution in [3.8, 4) is 0 Å². The second kappa shape index (κ2) is 3.36. The summed E-state index contributed by atoms with van der Waals surface area (Å²) in [5.74, 6) is 0. The summed E-state index contributed by atoms with van der Waals surface area (Å²) < 4.78 is 2.71. The predicted molar refractivity (Wildman–Crippen MR) is 48.3 cm³/mol. The van der Waals surface area contributed by atoms with E-state index >= 15 is 0 Å². The molecule has 11 heavy (non-hydrogen) atoms. The average molecular weight is 218 g/mol. The summed E-state index contributed by atoms with van der Waals surface area (Å²) in [4.78, 5) is 0. The minimum Gasteiger partial charge on any atom is -0.328 e. The summed E-state index contributed by atoms with van der Waals surface area (Å²) in [6, 6.07) is 2.18. The number of aryl methyl sites for hydroxylation is 1. The van der Waals surface area contributed by atoms with Crippen molar-refractivity contribution >= 4 is 15.9 Å². The lowest BCUT2D eigenvalue weighted by Gasteiger charge is -2.03. The van der Waals surface area contributed by atoms with Gasteiger partial charge in [-0.15, -0.1) is 0 Å². The van der Waals surface area contributed by atoms with Crippen LogP contribution in [0.15, 0.2) is 10.7 Å². The van der Waals surface area contributed by atoms with E-state index in [2.05, 4.69) is 21.0 Å². The van der Waals surface area contributed by atoms with Crippen molar-refractivity contribution in [2.24, 2.45) is 12.8 Å². The largest absolute Gasteiger partial charge is 0.328 e. The fraction of sp³-hybridized carbons (Fsp3) is 0.571. The summed E-state index contributed by atoms with van der Waals surface area (Å²) in [5, 5.41) is 4.14. The van der Waals surface area contributed by atoms with Crippen molar-refractivity contribution in [1.82, 2.24) is 9.78 Å². The maximum absolute atomic E-state index is 5.65. The van der Waals surface area contributed by atoms with Gasteiger partial charge in [-0.1, -0.05) is 0 Å². The molecule has 4 heteroatoms. The molecule has 0 spiro atoms. The van der Waals surface area contributed by atoms with Gasteiger partial charge in [-0.05, 0) is 28.9 Å². The third-order valence-corrected chi connectivity index (χ3v) is 1.87. The fourth-order valence-corrected chi connectivity index (χ4v) is 1.49. The van der Waals surface area contributed by atoms with Crippen LogP contribution in [0.1, 0.15) is 12.6 Å². The lowest BCUT2D eigenvalue weighted by molar-refractivity contribution is 0.649. The molecule has 0 saturated heterocycles. The summed E-state index contributed by atoms with van der Waals surface area (Å²) in [5.41, 5.74) is 6.81. The molecule has 1 atom stereocenters. The minimum absolute atomic E-state index is 0.192. The van der Waals surface area contributed by atoms with Crippen molar-refractivity contribution < 1.29 is 0 Å². The van der Waals surface area contributed by atoms with Gasteiger partial charge >= 0.3 is 0 Å². The zero-order chi connectivity index (χ0) is 8.43. The Kier molecular flexibility index (Phi) is 2.67. The first-order valence-electron chi connectivity index (χ1n) is 3.53. The van der Waals surface area contributed by atoms with Gasteiger partial charge in [0, 0.05) is 25.2 Å². The van der Waals surface area contributed by atoms with E-state index in [1.165, 1.54) is 0 Å². The van der Waals surface area contributed by atoms with Gasteiger partial charge in [-0.25, -0.2) is 0 Å². The first kappa shape index (κ1) is 8.74. The first-order chi connectivity index (χ1) is 5.09. The van der Waals surface area contributed by atoms with Crippen LogP contribution in [0.4, 0.5) is 0 Å². The maximum atomic E-state index is 5.65. The Labute approximate surface area is 74.7 Å². The number of aromatic nitrogens is 2. The normalized spacial score (nSPS) is 13.5. The maximum Gasteiger partial charge on any atom is 0.128 e. The molecule has 0 aliphatic heterocycles. The molecule has 0 bridgehead atoms. The van der Waals surface area contributed by atoms with Gasteiger partial charge in [0.15, 0.2) is 0 Å². The third-order valence-electron chi connectivity index (χ3n) is 1.48. The third kappa shape index (κ3) is 2.31. The summed E-state index contributed by atoms with van der Waals surface area (Å²) in [6.07, 6.45) is 0.870. The van der Waals surface area contributed by atoms with Crippen LogP contribution in [-0.4, -0.2) is 15.8 Å². The highest BCUT2D eigenvalue weighted by atomic mass is 79.9. The van der Waals surface area contributed by atoms with E-state index in [4.69, 9.17) is 5.73 Å². The second-order valence-corrected chi connectivity index (χ2v) is 3.58. The molecule has 3 nitrogen and oxygen atoms in total. The lowest BCUT2D eigenvalue weighted by Crippen LogP contribution is -2.19. The second-order valence-electron chi connectivity index (χ2n) is 2.76. The van der Waals surface area contributed by atoms with Crippen LogP contribution in [0.2, 0.25) is 0 Å². The van der Waals surface area contributed by atoms with Gasteiger partial charge in [0.2, 0.25) is 0 Å². The van der Waals surface area contributed by atoms with Crippen LogP contribution in [0.25, 0.3) is 0 Å². The number of rotatable bonds is 2. The first-order valence-corrected chi connectivity index (χ1v) is 4.33. The van der Waals surface area contributed by atoms with Crippen LogP contribution >= 0.6 is 15.9 Å². The zero-order valence-corrected chi connectivity index (χ0v) is 8.30. The molecule has 0 saturated carbocycles. The Morgan fingerprint density at radius 3 is 2.82 bits per heavy atom. The molecule has 0 fully saturated rings. The van der Waals surface area contributed by atoms with Gasteiger partial charge in [0.25, 0.3) is 0 Å². The topological polar surface area (TPSA) is 43.8 Å². The van der Waals surface area contributed by atoms with Crippen LogP contribution in [-0.2, 0) is 13.5 Å². The Morgan fingerprint density at radius 2 is 2.45 bits per heavy atom. The minimum atomic E-state index is 0.192. The van der Waals surface area contributed by atoms with Crippen molar-refractivity contribution in [2.45, 2.75) is 19.4 Å². The van der Waals surface area contributed by atoms with Crippen molar-refractivity contribution in [1.29, 1.82) is 0 Å². The van der Waals surface area contributed by atoms with Gasteiger partial charge in [0.1, 0.15) is 4.60 Å². The Balaban J connectivity index is 2.77. The summed E-state index contributed by atoms with van der Waals surface area (Å²) >= 11 is 3.30. The molecule has 1 aromatic heterocycles. The molecular formula is C7H12BrN3. The SMILES string of the molecule is C[C@@H](N)Cc1cc(Br)nn1C. The number of halogens is 1. The molecule has 1 heterocycles. The van der Waals surface area contributed by atoms with Crippen molar-refractivity contribution in [3.05, 3.63) is 16.4 Å². The quantitative estimate of drug-likeness (QED) is 0.806. The molecule has 0 amide bonds. The monoisotopic (exact) mass is 217 g/mol. The Hall–Kier alpha value is -0.350. The molecule has 1 aromatic rings. The smallest absolute Gasteiger partial charge is 0.128 e. The van der Waals surface area contributed by atoms with E-state index in [-0.39, 0.29) is 6.04 Å². The number of nitrogens with two attached hydrogens (primary N) is 1. The molecular weight excluding hydrogens is 206 g/mol. The van der Waals surface area contributed by atoms with E-state index in [0.717, 1.165) is 16.7 Å². The van der Waals surface area contributed by atoms with Gasteiger partial charge in [-0.2, -0.15) is 5.10 Å². The van der Waals surface area contributed by atoms with E-state index in [1.54, 1.807) is 0 Å². The highest BCUT2D eigenvalue weighted by molar-refractivity contribution is 9.10. The van der Waals surface area contributed by atoms with Crippen LogP contribution < -0.4 is 5.73 Å². The van der Waals surface area contributed by atoms with E-state index in [1.807, 2.05) is 24.7 Å². The lowest BCUT2D eigenvalue weighted by atomic mass is 10.2.